The van der Waals surface area contributed by atoms with Crippen LogP contribution in [-0.2, 0) is 4.79 Å². The number of amides is 1. The maximum Gasteiger partial charge on any atom is 0.240 e. The van der Waals surface area contributed by atoms with Crippen molar-refractivity contribution >= 4 is 17.3 Å². The average molecular weight is 249 g/mol. The maximum atomic E-state index is 11.4. The molecule has 0 spiro atoms. The van der Waals surface area contributed by atoms with Gasteiger partial charge in [0.2, 0.25) is 5.91 Å². The summed E-state index contributed by atoms with van der Waals surface area (Å²) in [4.78, 5) is 13.4. The minimum atomic E-state index is -0.284. The fourth-order valence-electron chi connectivity index (χ4n) is 2.39. The van der Waals surface area contributed by atoms with Gasteiger partial charge in [-0.1, -0.05) is 0 Å². The summed E-state index contributed by atoms with van der Waals surface area (Å²) in [5.74, 6) is 0.440. The lowest BCUT2D eigenvalue weighted by Crippen LogP contribution is -2.40. The molecule has 1 fully saturated rings. The number of nitrogen functional groups attached to an aromatic ring is 1. The van der Waals surface area contributed by atoms with Crippen molar-refractivity contribution in [2.45, 2.75) is 25.8 Å². The first-order valence-corrected chi connectivity index (χ1v) is 6.21. The summed E-state index contributed by atoms with van der Waals surface area (Å²) in [6.07, 6.45) is 1.76. The highest BCUT2D eigenvalue weighted by Gasteiger charge is 2.29. The summed E-state index contributed by atoms with van der Waals surface area (Å²) in [5.41, 5.74) is 12.8. The van der Waals surface area contributed by atoms with E-state index in [1.54, 1.807) is 6.07 Å². The smallest absolute Gasteiger partial charge is 0.240 e. The van der Waals surface area contributed by atoms with Gasteiger partial charge in [0, 0.05) is 30.1 Å². The van der Waals surface area contributed by atoms with E-state index in [-0.39, 0.29) is 11.9 Å². The van der Waals surface area contributed by atoms with Crippen molar-refractivity contribution in [2.24, 2.45) is 5.73 Å². The zero-order valence-corrected chi connectivity index (χ0v) is 10.6. The number of nitrogens with zero attached hydrogens (tertiary/aromatic N) is 1. The van der Waals surface area contributed by atoms with Gasteiger partial charge in [0.25, 0.3) is 0 Å². The SMILES string of the molecule is CCOc1cc(N)cc(N2CCCC2C(N)=O)c1. The van der Waals surface area contributed by atoms with E-state index < -0.39 is 0 Å². The molecule has 0 aromatic heterocycles. The van der Waals surface area contributed by atoms with Crippen LogP contribution in [0.5, 0.6) is 5.75 Å². The predicted octanol–water partition coefficient (Wildman–Crippen LogP) is 1.12. The molecule has 98 valence electrons. The molecular weight excluding hydrogens is 230 g/mol. The van der Waals surface area contributed by atoms with E-state index in [1.807, 2.05) is 24.0 Å². The molecule has 1 saturated heterocycles. The van der Waals surface area contributed by atoms with Gasteiger partial charge in [-0.25, -0.2) is 0 Å². The minimum Gasteiger partial charge on any atom is -0.494 e. The summed E-state index contributed by atoms with van der Waals surface area (Å²) < 4.78 is 5.46. The number of carbonyl (C=O) groups excluding carboxylic acids is 1. The van der Waals surface area contributed by atoms with Crippen molar-refractivity contribution in [1.82, 2.24) is 0 Å². The molecule has 0 bridgehead atoms. The number of benzene rings is 1. The molecule has 2 rings (SSSR count). The lowest BCUT2D eigenvalue weighted by atomic mass is 10.2. The van der Waals surface area contributed by atoms with Gasteiger partial charge in [-0.3, -0.25) is 4.79 Å². The van der Waals surface area contributed by atoms with E-state index >= 15 is 0 Å². The Balaban J connectivity index is 2.29. The van der Waals surface area contributed by atoms with Crippen LogP contribution in [-0.4, -0.2) is 25.1 Å². The van der Waals surface area contributed by atoms with Gasteiger partial charge >= 0.3 is 0 Å². The third-order valence-corrected chi connectivity index (χ3v) is 3.14. The van der Waals surface area contributed by atoms with Crippen molar-refractivity contribution in [2.75, 3.05) is 23.8 Å². The van der Waals surface area contributed by atoms with Gasteiger partial charge < -0.3 is 21.1 Å². The standard InChI is InChI=1S/C13H19N3O2/c1-2-18-11-7-9(14)6-10(8-11)16-5-3-4-12(16)13(15)17/h6-8,12H,2-5,14H2,1H3,(H2,15,17). The van der Waals surface area contributed by atoms with E-state index in [1.165, 1.54) is 0 Å². The van der Waals surface area contributed by atoms with Crippen LogP contribution in [0.3, 0.4) is 0 Å². The van der Waals surface area contributed by atoms with Crippen LogP contribution >= 0.6 is 0 Å². The molecule has 5 nitrogen and oxygen atoms in total. The van der Waals surface area contributed by atoms with E-state index in [4.69, 9.17) is 16.2 Å². The zero-order chi connectivity index (χ0) is 13.1. The van der Waals surface area contributed by atoms with Crippen LogP contribution in [0.4, 0.5) is 11.4 Å². The second-order valence-electron chi connectivity index (χ2n) is 4.45. The van der Waals surface area contributed by atoms with Crippen LogP contribution in [0, 0.1) is 0 Å². The Kier molecular flexibility index (Phi) is 3.60. The Hall–Kier alpha value is -1.91. The van der Waals surface area contributed by atoms with Crippen LogP contribution < -0.4 is 21.1 Å². The number of hydrogen-bond donors (Lipinski definition) is 2. The quantitative estimate of drug-likeness (QED) is 0.783. The molecule has 0 radical (unpaired) electrons. The van der Waals surface area contributed by atoms with E-state index in [0.29, 0.717) is 12.3 Å². The van der Waals surface area contributed by atoms with Gasteiger partial charge in [-0.05, 0) is 25.8 Å². The van der Waals surface area contributed by atoms with Gasteiger partial charge in [-0.15, -0.1) is 0 Å². The van der Waals surface area contributed by atoms with Gasteiger partial charge in [0.05, 0.1) is 6.61 Å². The molecule has 1 unspecified atom stereocenters. The highest BCUT2D eigenvalue weighted by Crippen LogP contribution is 2.30. The van der Waals surface area contributed by atoms with Gasteiger partial charge in [0.1, 0.15) is 11.8 Å². The Morgan fingerprint density at radius 2 is 2.28 bits per heavy atom. The number of hydrogen-bond acceptors (Lipinski definition) is 4. The second kappa shape index (κ2) is 5.16. The van der Waals surface area contributed by atoms with E-state index in [0.717, 1.165) is 30.8 Å². The Bertz CT molecular complexity index is 448. The van der Waals surface area contributed by atoms with Gasteiger partial charge in [0.15, 0.2) is 0 Å². The topological polar surface area (TPSA) is 81.6 Å². The summed E-state index contributed by atoms with van der Waals surface area (Å²) in [7, 11) is 0. The van der Waals surface area contributed by atoms with Crippen molar-refractivity contribution in [1.29, 1.82) is 0 Å². The summed E-state index contributed by atoms with van der Waals surface area (Å²) >= 11 is 0. The Labute approximate surface area is 107 Å². The molecule has 0 saturated carbocycles. The fraction of sp³-hybridized carbons (Fsp3) is 0.462. The minimum absolute atomic E-state index is 0.235. The van der Waals surface area contributed by atoms with Crippen molar-refractivity contribution in [3.63, 3.8) is 0 Å². The molecule has 1 aliphatic heterocycles. The van der Waals surface area contributed by atoms with Crippen molar-refractivity contribution < 1.29 is 9.53 Å². The number of anilines is 2. The van der Waals surface area contributed by atoms with Gasteiger partial charge in [-0.2, -0.15) is 0 Å². The Morgan fingerprint density at radius 1 is 1.50 bits per heavy atom. The third kappa shape index (κ3) is 2.50. The lowest BCUT2D eigenvalue weighted by Gasteiger charge is -2.25. The first-order valence-electron chi connectivity index (χ1n) is 6.21. The maximum absolute atomic E-state index is 11.4. The highest BCUT2D eigenvalue weighted by atomic mass is 16.5. The van der Waals surface area contributed by atoms with Crippen molar-refractivity contribution in [3.05, 3.63) is 18.2 Å². The van der Waals surface area contributed by atoms with Crippen LogP contribution in [0.2, 0.25) is 0 Å². The number of rotatable bonds is 4. The summed E-state index contributed by atoms with van der Waals surface area (Å²) in [6.45, 7) is 3.33. The first-order chi connectivity index (χ1) is 8.61. The van der Waals surface area contributed by atoms with Crippen LogP contribution in [0.15, 0.2) is 18.2 Å². The molecule has 4 N–H and O–H groups in total. The summed E-state index contributed by atoms with van der Waals surface area (Å²) in [6, 6.07) is 5.30. The van der Waals surface area contributed by atoms with E-state index in [9.17, 15) is 4.79 Å². The average Bonchev–Trinajstić information content (AvgIpc) is 2.77. The molecule has 5 heteroatoms. The van der Waals surface area contributed by atoms with E-state index in [2.05, 4.69) is 0 Å². The molecule has 1 aromatic rings. The first kappa shape index (κ1) is 12.5. The number of ether oxygens (including phenoxy) is 1. The van der Waals surface area contributed by atoms with Crippen molar-refractivity contribution in [3.8, 4) is 5.75 Å². The fourth-order valence-corrected chi connectivity index (χ4v) is 2.39. The van der Waals surface area contributed by atoms with Crippen LogP contribution in [0.25, 0.3) is 0 Å². The molecule has 1 aliphatic rings. The summed E-state index contributed by atoms with van der Waals surface area (Å²) in [5, 5.41) is 0. The molecule has 1 aromatic carbocycles. The zero-order valence-electron chi connectivity index (χ0n) is 10.6. The second-order valence-corrected chi connectivity index (χ2v) is 4.45. The molecular formula is C13H19N3O2. The monoisotopic (exact) mass is 249 g/mol. The number of carbonyl (C=O) groups is 1. The number of nitrogens with two attached hydrogens (primary N) is 2. The highest BCUT2D eigenvalue weighted by molar-refractivity contribution is 5.84. The Morgan fingerprint density at radius 3 is 2.94 bits per heavy atom. The number of primary amides is 1. The largest absolute Gasteiger partial charge is 0.494 e. The normalized spacial score (nSPS) is 18.9. The lowest BCUT2D eigenvalue weighted by molar-refractivity contribution is -0.119. The molecule has 1 atom stereocenters. The molecule has 1 amide bonds. The molecule has 1 heterocycles. The molecule has 0 aliphatic carbocycles. The predicted molar refractivity (Wildman–Crippen MR) is 71.6 cm³/mol. The molecule has 18 heavy (non-hydrogen) atoms. The van der Waals surface area contributed by atoms with Crippen LogP contribution in [0.1, 0.15) is 19.8 Å². The third-order valence-electron chi connectivity index (χ3n) is 3.14.